The molecule has 0 amide bonds. The maximum Gasteiger partial charge on any atom is 0.142 e. The standard InChI is InChI=1S/C12H17NO2/c1-2-10(14)9-13-7-8-15-12-6-4-3-5-11(12)13/h3-6,10,14H,2,7-9H2,1H3/t10-/m1/s1. The predicted molar refractivity (Wildman–Crippen MR) is 60.4 cm³/mol. The fourth-order valence-corrected chi connectivity index (χ4v) is 1.80. The van der Waals surface area contributed by atoms with Crippen molar-refractivity contribution in [3.05, 3.63) is 24.3 Å². The first kappa shape index (κ1) is 10.3. The van der Waals surface area contributed by atoms with Gasteiger partial charge in [-0.3, -0.25) is 0 Å². The van der Waals surface area contributed by atoms with Crippen molar-refractivity contribution in [1.82, 2.24) is 0 Å². The van der Waals surface area contributed by atoms with E-state index in [4.69, 9.17) is 4.74 Å². The van der Waals surface area contributed by atoms with Crippen LogP contribution in [0.25, 0.3) is 0 Å². The Balaban J connectivity index is 2.15. The van der Waals surface area contributed by atoms with Crippen molar-refractivity contribution in [1.29, 1.82) is 0 Å². The topological polar surface area (TPSA) is 32.7 Å². The lowest BCUT2D eigenvalue weighted by Gasteiger charge is -2.32. The third kappa shape index (κ3) is 2.23. The number of anilines is 1. The Labute approximate surface area is 90.3 Å². The Kier molecular flexibility index (Phi) is 3.11. The summed E-state index contributed by atoms with van der Waals surface area (Å²) in [5, 5.41) is 9.65. The van der Waals surface area contributed by atoms with Crippen molar-refractivity contribution in [3.8, 4) is 5.75 Å². The monoisotopic (exact) mass is 207 g/mol. The van der Waals surface area contributed by atoms with Gasteiger partial charge in [-0.15, -0.1) is 0 Å². The van der Waals surface area contributed by atoms with Crippen LogP contribution in [0.2, 0.25) is 0 Å². The smallest absolute Gasteiger partial charge is 0.142 e. The highest BCUT2D eigenvalue weighted by Crippen LogP contribution is 2.30. The summed E-state index contributed by atoms with van der Waals surface area (Å²) in [6.07, 6.45) is 0.538. The first-order valence-electron chi connectivity index (χ1n) is 5.46. The molecule has 0 bridgehead atoms. The molecule has 1 aliphatic heterocycles. The van der Waals surface area contributed by atoms with E-state index in [9.17, 15) is 5.11 Å². The molecule has 0 saturated heterocycles. The minimum atomic E-state index is -0.254. The summed E-state index contributed by atoms with van der Waals surface area (Å²) in [5.74, 6) is 0.923. The Morgan fingerprint density at radius 1 is 1.47 bits per heavy atom. The normalized spacial score (nSPS) is 16.8. The molecule has 3 nitrogen and oxygen atoms in total. The van der Waals surface area contributed by atoms with Crippen LogP contribution in [0.1, 0.15) is 13.3 Å². The minimum Gasteiger partial charge on any atom is -0.490 e. The molecule has 2 rings (SSSR count). The molecule has 1 atom stereocenters. The number of aliphatic hydroxyl groups is 1. The van der Waals surface area contributed by atoms with E-state index >= 15 is 0 Å². The molecular formula is C12H17NO2. The fraction of sp³-hybridized carbons (Fsp3) is 0.500. The molecule has 1 aliphatic rings. The SMILES string of the molecule is CC[C@@H](O)CN1CCOc2ccccc21. The van der Waals surface area contributed by atoms with Crippen LogP contribution in [0.3, 0.4) is 0 Å². The lowest BCUT2D eigenvalue weighted by atomic mass is 10.2. The number of nitrogens with zero attached hydrogens (tertiary/aromatic N) is 1. The van der Waals surface area contributed by atoms with Gasteiger partial charge in [0.1, 0.15) is 12.4 Å². The Morgan fingerprint density at radius 2 is 2.27 bits per heavy atom. The molecule has 0 aromatic heterocycles. The van der Waals surface area contributed by atoms with E-state index in [1.165, 1.54) is 0 Å². The number of ether oxygens (including phenoxy) is 1. The molecule has 1 N–H and O–H groups in total. The summed E-state index contributed by atoms with van der Waals surface area (Å²) in [7, 11) is 0. The number of rotatable bonds is 3. The van der Waals surface area contributed by atoms with Gasteiger partial charge in [-0.25, -0.2) is 0 Å². The molecule has 0 unspecified atom stereocenters. The van der Waals surface area contributed by atoms with Crippen LogP contribution < -0.4 is 9.64 Å². The van der Waals surface area contributed by atoms with Crippen LogP contribution in [0.5, 0.6) is 5.75 Å². The molecule has 1 aromatic carbocycles. The molecule has 0 radical (unpaired) electrons. The van der Waals surface area contributed by atoms with Crippen molar-refractivity contribution in [2.45, 2.75) is 19.4 Å². The molecule has 15 heavy (non-hydrogen) atoms. The van der Waals surface area contributed by atoms with E-state index in [0.29, 0.717) is 13.2 Å². The van der Waals surface area contributed by atoms with Gasteiger partial charge in [-0.1, -0.05) is 19.1 Å². The summed E-state index contributed by atoms with van der Waals surface area (Å²) >= 11 is 0. The number of benzene rings is 1. The highest BCUT2D eigenvalue weighted by atomic mass is 16.5. The van der Waals surface area contributed by atoms with Crippen LogP contribution in [0, 0.1) is 0 Å². The van der Waals surface area contributed by atoms with Crippen molar-refractivity contribution >= 4 is 5.69 Å². The highest BCUT2D eigenvalue weighted by Gasteiger charge is 2.18. The zero-order chi connectivity index (χ0) is 10.7. The lowest BCUT2D eigenvalue weighted by Crippen LogP contribution is -2.38. The van der Waals surface area contributed by atoms with Crippen molar-refractivity contribution in [2.75, 3.05) is 24.6 Å². The Bertz CT molecular complexity index is 327. The number of hydrogen-bond acceptors (Lipinski definition) is 3. The molecule has 1 heterocycles. The van der Waals surface area contributed by atoms with E-state index in [2.05, 4.69) is 4.90 Å². The average Bonchev–Trinajstić information content (AvgIpc) is 2.29. The molecular weight excluding hydrogens is 190 g/mol. The Morgan fingerprint density at radius 3 is 3.07 bits per heavy atom. The van der Waals surface area contributed by atoms with Gasteiger partial charge in [-0.05, 0) is 18.6 Å². The average molecular weight is 207 g/mol. The lowest BCUT2D eigenvalue weighted by molar-refractivity contribution is 0.171. The van der Waals surface area contributed by atoms with Crippen LogP contribution in [-0.4, -0.2) is 30.9 Å². The van der Waals surface area contributed by atoms with Crippen LogP contribution >= 0.6 is 0 Å². The van der Waals surface area contributed by atoms with Gasteiger partial charge in [-0.2, -0.15) is 0 Å². The zero-order valence-electron chi connectivity index (χ0n) is 9.02. The molecule has 1 aromatic rings. The maximum atomic E-state index is 9.65. The number of β-amino-alcohol motifs (C(OH)–C–C–N with tert-alkyl or cyclic N) is 1. The fourth-order valence-electron chi connectivity index (χ4n) is 1.80. The molecule has 0 spiro atoms. The van der Waals surface area contributed by atoms with Gasteiger partial charge < -0.3 is 14.7 Å². The van der Waals surface area contributed by atoms with Crippen LogP contribution in [-0.2, 0) is 0 Å². The summed E-state index contributed by atoms with van der Waals surface area (Å²) in [5.41, 5.74) is 1.09. The zero-order valence-corrected chi connectivity index (χ0v) is 9.02. The van der Waals surface area contributed by atoms with Gasteiger partial charge in [0.2, 0.25) is 0 Å². The first-order valence-corrected chi connectivity index (χ1v) is 5.46. The first-order chi connectivity index (χ1) is 7.31. The summed E-state index contributed by atoms with van der Waals surface area (Å²) in [6.45, 7) is 4.25. The van der Waals surface area contributed by atoms with Crippen molar-refractivity contribution in [3.63, 3.8) is 0 Å². The molecule has 82 valence electrons. The van der Waals surface area contributed by atoms with Crippen LogP contribution in [0.15, 0.2) is 24.3 Å². The molecule has 3 heteroatoms. The highest BCUT2D eigenvalue weighted by molar-refractivity contribution is 5.59. The van der Waals surface area contributed by atoms with Gasteiger partial charge in [0.15, 0.2) is 0 Å². The van der Waals surface area contributed by atoms with Gasteiger partial charge in [0.25, 0.3) is 0 Å². The molecule has 0 fully saturated rings. The molecule has 0 aliphatic carbocycles. The summed E-state index contributed by atoms with van der Waals surface area (Å²) < 4.78 is 5.55. The van der Waals surface area contributed by atoms with E-state index in [1.807, 2.05) is 31.2 Å². The van der Waals surface area contributed by atoms with Gasteiger partial charge in [0, 0.05) is 6.54 Å². The second-order valence-corrected chi connectivity index (χ2v) is 3.82. The quantitative estimate of drug-likeness (QED) is 0.818. The van der Waals surface area contributed by atoms with E-state index in [0.717, 1.165) is 24.4 Å². The van der Waals surface area contributed by atoms with E-state index in [-0.39, 0.29) is 6.10 Å². The van der Waals surface area contributed by atoms with Crippen LogP contribution in [0.4, 0.5) is 5.69 Å². The second kappa shape index (κ2) is 4.53. The largest absolute Gasteiger partial charge is 0.490 e. The maximum absolute atomic E-state index is 9.65. The van der Waals surface area contributed by atoms with E-state index < -0.39 is 0 Å². The Hall–Kier alpha value is -1.22. The number of aliphatic hydroxyl groups excluding tert-OH is 1. The minimum absolute atomic E-state index is 0.254. The molecule has 0 saturated carbocycles. The predicted octanol–water partition coefficient (Wildman–Crippen LogP) is 1.66. The third-order valence-electron chi connectivity index (χ3n) is 2.73. The van der Waals surface area contributed by atoms with Crippen molar-refractivity contribution < 1.29 is 9.84 Å². The number of hydrogen-bond donors (Lipinski definition) is 1. The van der Waals surface area contributed by atoms with E-state index in [1.54, 1.807) is 0 Å². The number of fused-ring (bicyclic) bond motifs is 1. The third-order valence-corrected chi connectivity index (χ3v) is 2.73. The van der Waals surface area contributed by atoms with Gasteiger partial charge >= 0.3 is 0 Å². The second-order valence-electron chi connectivity index (χ2n) is 3.82. The van der Waals surface area contributed by atoms with Crippen molar-refractivity contribution in [2.24, 2.45) is 0 Å². The summed E-state index contributed by atoms with van der Waals surface area (Å²) in [6, 6.07) is 7.98. The van der Waals surface area contributed by atoms with Gasteiger partial charge in [0.05, 0.1) is 18.3 Å². The summed E-state index contributed by atoms with van der Waals surface area (Å²) in [4.78, 5) is 2.19. The number of para-hydroxylation sites is 2.